The van der Waals surface area contributed by atoms with Gasteiger partial charge >= 0.3 is 0 Å². The number of fused-ring (bicyclic) bond motifs is 2. The third-order valence-corrected chi connectivity index (χ3v) is 7.25. The second-order valence-electron chi connectivity index (χ2n) is 8.73. The molecule has 0 spiro atoms. The van der Waals surface area contributed by atoms with Gasteiger partial charge in [0.25, 0.3) is 0 Å². The zero-order chi connectivity index (χ0) is 22.8. The van der Waals surface area contributed by atoms with Crippen molar-refractivity contribution in [1.82, 2.24) is 9.88 Å². The first-order chi connectivity index (χ1) is 16.1. The van der Waals surface area contributed by atoms with E-state index in [4.69, 9.17) is 0 Å². The van der Waals surface area contributed by atoms with Crippen LogP contribution in [0.1, 0.15) is 23.1 Å². The van der Waals surface area contributed by atoms with Crippen LogP contribution in [0.3, 0.4) is 0 Å². The smallest absolute Gasteiger partial charge is 0.0710 e. The molecule has 1 aromatic heterocycles. The zero-order valence-electron chi connectivity index (χ0n) is 19.4. The Morgan fingerprint density at radius 3 is 2.42 bits per heavy atom. The summed E-state index contributed by atoms with van der Waals surface area (Å²) < 4.78 is 0. The molecule has 0 N–H and O–H groups in total. The number of aryl methyl sites for hydroxylation is 1. The zero-order valence-corrected chi connectivity index (χ0v) is 20.2. The van der Waals surface area contributed by atoms with E-state index >= 15 is 0 Å². The number of hydrogen-bond acceptors (Lipinski definition) is 3. The lowest BCUT2D eigenvalue weighted by atomic mass is 9.90. The molecule has 33 heavy (non-hydrogen) atoms. The summed E-state index contributed by atoms with van der Waals surface area (Å²) in [5.74, 6) is 0. The maximum absolute atomic E-state index is 4.67. The van der Waals surface area contributed by atoms with Crippen molar-refractivity contribution >= 4 is 17.3 Å². The lowest BCUT2D eigenvalue weighted by Crippen LogP contribution is -2.12. The van der Waals surface area contributed by atoms with Gasteiger partial charge in [0.1, 0.15) is 0 Å². The van der Waals surface area contributed by atoms with Crippen LogP contribution >= 0.6 is 11.8 Å². The number of hydrogen-bond donors (Lipinski definition) is 0. The summed E-state index contributed by atoms with van der Waals surface area (Å²) in [4.78, 5) is 9.56. The highest BCUT2D eigenvalue weighted by molar-refractivity contribution is 7.99. The van der Waals surface area contributed by atoms with E-state index in [-0.39, 0.29) is 0 Å². The molecule has 0 amide bonds. The van der Waals surface area contributed by atoms with E-state index in [9.17, 15) is 0 Å². The molecular weight excluding hydrogens is 420 g/mol. The lowest BCUT2D eigenvalue weighted by Gasteiger charge is -2.24. The van der Waals surface area contributed by atoms with Gasteiger partial charge in [-0.2, -0.15) is 0 Å². The molecule has 0 fully saturated rings. The van der Waals surface area contributed by atoms with Gasteiger partial charge in [-0.3, -0.25) is 4.98 Å². The first-order valence-electron chi connectivity index (χ1n) is 11.4. The first kappa shape index (κ1) is 21.7. The van der Waals surface area contributed by atoms with Crippen LogP contribution in [-0.4, -0.2) is 30.5 Å². The van der Waals surface area contributed by atoms with Crippen molar-refractivity contribution in [3.05, 3.63) is 108 Å². The molecule has 164 valence electrons. The standard InChI is InChI=1S/C30H28N2S/c1-21-10-8-12-23(30(21)27-14-6-7-18-31-27)22-16-17-29-26(20-22)24(13-9-19-32(2)3)25-11-4-5-15-28(25)33-29/h4-8,10-18,20H,9,19H2,1-3H3/b24-13+. The van der Waals surface area contributed by atoms with Crippen LogP contribution in [-0.2, 0) is 0 Å². The monoisotopic (exact) mass is 448 g/mol. The van der Waals surface area contributed by atoms with E-state index in [0.717, 1.165) is 18.7 Å². The summed E-state index contributed by atoms with van der Waals surface area (Å²) in [7, 11) is 4.26. The molecule has 2 nitrogen and oxygen atoms in total. The Labute approximate surface area is 201 Å². The summed E-state index contributed by atoms with van der Waals surface area (Å²) in [6.07, 6.45) is 5.31. The van der Waals surface area contributed by atoms with Crippen LogP contribution in [0.5, 0.6) is 0 Å². The maximum atomic E-state index is 4.67. The van der Waals surface area contributed by atoms with E-state index in [0.29, 0.717) is 0 Å². The predicted molar refractivity (Wildman–Crippen MR) is 141 cm³/mol. The normalized spacial score (nSPS) is 13.8. The van der Waals surface area contributed by atoms with Crippen LogP contribution in [0.15, 0.2) is 101 Å². The summed E-state index contributed by atoms with van der Waals surface area (Å²) in [5.41, 5.74) is 9.93. The third-order valence-electron chi connectivity index (χ3n) is 6.10. The predicted octanol–water partition coefficient (Wildman–Crippen LogP) is 7.57. The molecule has 3 aromatic carbocycles. The highest BCUT2D eigenvalue weighted by atomic mass is 32.2. The van der Waals surface area contributed by atoms with Gasteiger partial charge in [-0.05, 0) is 91.2 Å². The van der Waals surface area contributed by atoms with Gasteiger partial charge in [0.15, 0.2) is 0 Å². The van der Waals surface area contributed by atoms with Gasteiger partial charge in [0.2, 0.25) is 0 Å². The van der Waals surface area contributed by atoms with Gasteiger partial charge in [-0.1, -0.05) is 66.4 Å². The molecule has 0 saturated heterocycles. The van der Waals surface area contributed by atoms with E-state index in [2.05, 4.69) is 110 Å². The maximum Gasteiger partial charge on any atom is 0.0710 e. The number of nitrogens with zero attached hydrogens (tertiary/aromatic N) is 2. The minimum absolute atomic E-state index is 1.02. The summed E-state index contributed by atoms with van der Waals surface area (Å²) in [6, 6.07) is 28.4. The van der Waals surface area contributed by atoms with E-state index in [1.807, 2.05) is 24.0 Å². The van der Waals surface area contributed by atoms with Gasteiger partial charge < -0.3 is 4.90 Å². The average molecular weight is 449 g/mol. The largest absolute Gasteiger partial charge is 0.309 e. The van der Waals surface area contributed by atoms with Crippen molar-refractivity contribution < 1.29 is 0 Å². The van der Waals surface area contributed by atoms with Crippen molar-refractivity contribution in [3.8, 4) is 22.4 Å². The van der Waals surface area contributed by atoms with Gasteiger partial charge in [0, 0.05) is 28.1 Å². The Morgan fingerprint density at radius 1 is 0.818 bits per heavy atom. The molecular formula is C30H28N2S. The number of benzene rings is 3. The second kappa shape index (κ2) is 9.38. The first-order valence-corrected chi connectivity index (χ1v) is 12.2. The van der Waals surface area contributed by atoms with Gasteiger partial charge in [-0.25, -0.2) is 0 Å². The minimum Gasteiger partial charge on any atom is -0.309 e. The Balaban J connectivity index is 1.65. The van der Waals surface area contributed by atoms with Crippen molar-refractivity contribution in [3.63, 3.8) is 0 Å². The molecule has 1 aliphatic heterocycles. The summed E-state index contributed by atoms with van der Waals surface area (Å²) in [5, 5.41) is 0. The van der Waals surface area contributed by atoms with Gasteiger partial charge in [0.05, 0.1) is 5.69 Å². The van der Waals surface area contributed by atoms with E-state index in [1.54, 1.807) is 0 Å². The van der Waals surface area contributed by atoms with Crippen molar-refractivity contribution in [2.45, 2.75) is 23.1 Å². The topological polar surface area (TPSA) is 16.1 Å². The molecule has 3 heteroatoms. The molecule has 2 heterocycles. The Kier molecular flexibility index (Phi) is 6.17. The number of aromatic nitrogens is 1. The molecule has 0 aliphatic carbocycles. The van der Waals surface area contributed by atoms with Crippen LogP contribution in [0.4, 0.5) is 0 Å². The molecule has 4 aromatic rings. The Morgan fingerprint density at radius 2 is 1.61 bits per heavy atom. The third kappa shape index (κ3) is 4.39. The quantitative estimate of drug-likeness (QED) is 0.276. The molecule has 5 rings (SSSR count). The van der Waals surface area contributed by atoms with E-state index in [1.165, 1.54) is 48.7 Å². The van der Waals surface area contributed by atoms with Crippen LogP contribution in [0.25, 0.3) is 28.0 Å². The summed E-state index contributed by atoms with van der Waals surface area (Å²) >= 11 is 1.87. The minimum atomic E-state index is 1.02. The highest BCUT2D eigenvalue weighted by Gasteiger charge is 2.22. The van der Waals surface area contributed by atoms with Crippen LogP contribution in [0.2, 0.25) is 0 Å². The lowest BCUT2D eigenvalue weighted by molar-refractivity contribution is 0.417. The van der Waals surface area contributed by atoms with Crippen molar-refractivity contribution in [1.29, 1.82) is 0 Å². The molecule has 1 aliphatic rings. The fourth-order valence-corrected chi connectivity index (χ4v) is 5.57. The number of rotatable bonds is 5. The summed E-state index contributed by atoms with van der Waals surface area (Å²) in [6.45, 7) is 3.21. The van der Waals surface area contributed by atoms with Crippen LogP contribution < -0.4 is 0 Å². The van der Waals surface area contributed by atoms with E-state index < -0.39 is 0 Å². The fourth-order valence-electron chi connectivity index (χ4n) is 4.48. The molecule has 0 saturated carbocycles. The Hall–Kier alpha value is -3.14. The van der Waals surface area contributed by atoms with Gasteiger partial charge in [-0.15, -0.1) is 0 Å². The second-order valence-corrected chi connectivity index (χ2v) is 9.82. The van der Waals surface area contributed by atoms with Crippen molar-refractivity contribution in [2.24, 2.45) is 0 Å². The Bertz CT molecular complexity index is 1320. The SMILES string of the molecule is Cc1cccc(-c2ccc3c(c2)/C(=C/CCN(C)C)c2ccccc2S3)c1-c1ccccn1. The van der Waals surface area contributed by atoms with Crippen LogP contribution in [0, 0.1) is 6.92 Å². The number of pyridine rings is 1. The molecule has 0 unspecified atom stereocenters. The molecule has 0 atom stereocenters. The molecule has 0 radical (unpaired) electrons. The van der Waals surface area contributed by atoms with Crippen molar-refractivity contribution in [2.75, 3.05) is 20.6 Å². The highest BCUT2D eigenvalue weighted by Crippen LogP contribution is 2.47. The molecule has 0 bridgehead atoms. The fraction of sp³-hybridized carbons (Fsp3) is 0.167. The average Bonchev–Trinajstić information content (AvgIpc) is 2.83.